The maximum atomic E-state index is 12.0. The zero-order valence-corrected chi connectivity index (χ0v) is 12.1. The highest BCUT2D eigenvalue weighted by Crippen LogP contribution is 2.28. The van der Waals surface area contributed by atoms with Crippen molar-refractivity contribution < 1.29 is 14.3 Å². The van der Waals surface area contributed by atoms with Crippen molar-refractivity contribution in [2.24, 2.45) is 0 Å². The summed E-state index contributed by atoms with van der Waals surface area (Å²) in [4.78, 5) is 12.0. The van der Waals surface area contributed by atoms with Gasteiger partial charge in [0.05, 0.1) is 20.0 Å². The van der Waals surface area contributed by atoms with Gasteiger partial charge in [0.15, 0.2) is 21.6 Å². The molecule has 0 radical (unpaired) electrons. The van der Waals surface area contributed by atoms with Crippen LogP contribution in [0.4, 0.5) is 0 Å². The molecule has 0 aliphatic rings. The lowest BCUT2D eigenvalue weighted by atomic mass is 10.1. The third-order valence-corrected chi connectivity index (χ3v) is 4.23. The minimum absolute atomic E-state index is 0.0150. The van der Waals surface area contributed by atoms with E-state index < -0.39 is 0 Å². The topological polar surface area (TPSA) is 61.3 Å². The first kappa shape index (κ1) is 13.8. The van der Waals surface area contributed by atoms with E-state index in [1.54, 1.807) is 37.9 Å². The van der Waals surface area contributed by atoms with E-state index in [9.17, 15) is 4.79 Å². The van der Waals surface area contributed by atoms with Crippen LogP contribution >= 0.6 is 23.1 Å². The molecule has 2 rings (SSSR count). The van der Waals surface area contributed by atoms with Crippen molar-refractivity contribution in [1.29, 1.82) is 0 Å². The number of carbonyl (C=O) groups excluding carboxylic acids is 1. The van der Waals surface area contributed by atoms with Gasteiger partial charge in [0.2, 0.25) is 0 Å². The molecule has 100 valence electrons. The number of methoxy groups -OCH3 is 2. The second kappa shape index (κ2) is 6.53. The molecule has 0 aliphatic carbocycles. The fraction of sp³-hybridized carbons (Fsp3) is 0.250. The number of thioether (sulfide) groups is 1. The molecule has 0 spiro atoms. The molecule has 5 nitrogen and oxygen atoms in total. The van der Waals surface area contributed by atoms with Crippen molar-refractivity contribution in [1.82, 2.24) is 10.2 Å². The number of nitrogens with zero attached hydrogens (tertiary/aromatic N) is 2. The van der Waals surface area contributed by atoms with Crippen LogP contribution in [0.15, 0.2) is 28.0 Å². The van der Waals surface area contributed by atoms with E-state index in [1.165, 1.54) is 23.1 Å². The molecular weight excluding hydrogens is 284 g/mol. The molecule has 0 N–H and O–H groups in total. The number of hydrogen-bond donors (Lipinski definition) is 0. The van der Waals surface area contributed by atoms with Crippen molar-refractivity contribution in [3.05, 3.63) is 29.3 Å². The molecule has 0 saturated heterocycles. The van der Waals surface area contributed by atoms with Crippen LogP contribution in [-0.2, 0) is 0 Å². The lowest BCUT2D eigenvalue weighted by Crippen LogP contribution is -2.03. The summed E-state index contributed by atoms with van der Waals surface area (Å²) in [6.07, 6.45) is 0. The van der Waals surface area contributed by atoms with Crippen molar-refractivity contribution in [2.45, 2.75) is 4.34 Å². The molecule has 0 unspecified atom stereocenters. The van der Waals surface area contributed by atoms with E-state index in [0.717, 1.165) is 4.34 Å². The fourth-order valence-corrected chi connectivity index (χ4v) is 2.83. The molecule has 0 saturated carbocycles. The highest BCUT2D eigenvalue weighted by atomic mass is 32.2. The predicted octanol–water partition coefficient (Wildman–Crippen LogP) is 2.53. The van der Waals surface area contributed by atoms with Gasteiger partial charge >= 0.3 is 0 Å². The number of ketones is 1. The zero-order valence-electron chi connectivity index (χ0n) is 10.5. The third kappa shape index (κ3) is 3.45. The number of rotatable bonds is 6. The van der Waals surface area contributed by atoms with E-state index in [0.29, 0.717) is 22.8 Å². The highest BCUT2D eigenvalue weighted by molar-refractivity contribution is 8.01. The number of Topliss-reactive ketones (excluding diaryl/α,β-unsaturated/α-hetero) is 1. The predicted molar refractivity (Wildman–Crippen MR) is 74.5 cm³/mol. The molecule has 1 aromatic carbocycles. The Balaban J connectivity index is 2.06. The molecule has 19 heavy (non-hydrogen) atoms. The van der Waals surface area contributed by atoms with Gasteiger partial charge in [-0.3, -0.25) is 4.79 Å². The molecule has 1 heterocycles. The van der Waals surface area contributed by atoms with E-state index in [4.69, 9.17) is 9.47 Å². The van der Waals surface area contributed by atoms with E-state index in [1.807, 2.05) is 0 Å². The summed E-state index contributed by atoms with van der Waals surface area (Å²) >= 11 is 2.79. The van der Waals surface area contributed by atoms with Gasteiger partial charge in [0, 0.05) is 5.56 Å². The summed E-state index contributed by atoms with van der Waals surface area (Å²) < 4.78 is 11.1. The summed E-state index contributed by atoms with van der Waals surface area (Å²) in [6.45, 7) is 0. The van der Waals surface area contributed by atoms with Gasteiger partial charge in [-0.15, -0.1) is 10.2 Å². The van der Waals surface area contributed by atoms with Crippen molar-refractivity contribution in [2.75, 3.05) is 20.0 Å². The monoisotopic (exact) mass is 296 g/mol. The Morgan fingerprint density at radius 2 is 2.11 bits per heavy atom. The minimum atomic E-state index is 0.0150. The molecule has 0 aliphatic heterocycles. The first-order valence-electron chi connectivity index (χ1n) is 5.38. The number of aromatic nitrogens is 2. The first-order chi connectivity index (χ1) is 9.24. The summed E-state index contributed by atoms with van der Waals surface area (Å²) in [6, 6.07) is 5.13. The number of carbonyl (C=O) groups is 1. The molecule has 1 aromatic heterocycles. The van der Waals surface area contributed by atoms with Gasteiger partial charge < -0.3 is 9.47 Å². The Kier molecular flexibility index (Phi) is 4.75. The van der Waals surface area contributed by atoms with Crippen molar-refractivity contribution in [3.8, 4) is 11.5 Å². The van der Waals surface area contributed by atoms with Gasteiger partial charge in [0.25, 0.3) is 0 Å². The molecule has 7 heteroatoms. The second-order valence-corrected chi connectivity index (χ2v) is 5.54. The summed E-state index contributed by atoms with van der Waals surface area (Å²) in [5, 5.41) is 7.60. The molecule has 0 atom stereocenters. The lowest BCUT2D eigenvalue weighted by Gasteiger charge is -2.08. The van der Waals surface area contributed by atoms with Crippen LogP contribution in [0.25, 0.3) is 0 Å². The fourth-order valence-electron chi connectivity index (χ4n) is 1.45. The lowest BCUT2D eigenvalue weighted by molar-refractivity contribution is 0.102. The second-order valence-electron chi connectivity index (χ2n) is 3.49. The number of benzene rings is 1. The molecule has 2 aromatic rings. The summed E-state index contributed by atoms with van der Waals surface area (Å²) in [7, 11) is 3.10. The molecule has 0 fully saturated rings. The smallest absolute Gasteiger partial charge is 0.174 e. The van der Waals surface area contributed by atoms with Crippen molar-refractivity contribution >= 4 is 28.9 Å². The summed E-state index contributed by atoms with van der Waals surface area (Å²) in [5.74, 6) is 1.50. The van der Waals surface area contributed by atoms with Crippen LogP contribution in [-0.4, -0.2) is 36.0 Å². The largest absolute Gasteiger partial charge is 0.493 e. The van der Waals surface area contributed by atoms with Crippen molar-refractivity contribution in [3.63, 3.8) is 0 Å². The van der Waals surface area contributed by atoms with Crippen LogP contribution in [0.2, 0.25) is 0 Å². The normalized spacial score (nSPS) is 10.2. The van der Waals surface area contributed by atoms with E-state index >= 15 is 0 Å². The first-order valence-corrected chi connectivity index (χ1v) is 7.25. The van der Waals surface area contributed by atoms with Crippen LogP contribution in [0.5, 0.6) is 11.5 Å². The maximum Gasteiger partial charge on any atom is 0.174 e. The Hall–Kier alpha value is -1.60. The Morgan fingerprint density at radius 1 is 1.32 bits per heavy atom. The molecular formula is C12H12N2O3S2. The third-order valence-electron chi connectivity index (χ3n) is 2.37. The van der Waals surface area contributed by atoms with Crippen LogP contribution < -0.4 is 9.47 Å². The number of ether oxygens (including phenoxy) is 2. The van der Waals surface area contributed by atoms with Gasteiger partial charge in [0.1, 0.15) is 5.51 Å². The van der Waals surface area contributed by atoms with Gasteiger partial charge in [-0.2, -0.15) is 0 Å². The van der Waals surface area contributed by atoms with Crippen LogP contribution in [0.3, 0.4) is 0 Å². The SMILES string of the molecule is COc1ccc(C(=O)CSc2nncs2)cc1OC. The van der Waals surface area contributed by atoms with Gasteiger partial charge in [-0.1, -0.05) is 23.1 Å². The van der Waals surface area contributed by atoms with Gasteiger partial charge in [-0.05, 0) is 18.2 Å². The zero-order chi connectivity index (χ0) is 13.7. The van der Waals surface area contributed by atoms with E-state index in [2.05, 4.69) is 10.2 Å². The minimum Gasteiger partial charge on any atom is -0.493 e. The molecule has 0 bridgehead atoms. The standard InChI is InChI=1S/C12H12N2O3S2/c1-16-10-4-3-8(5-11(10)17-2)9(15)6-18-12-14-13-7-19-12/h3-5,7H,6H2,1-2H3. The number of hydrogen-bond acceptors (Lipinski definition) is 7. The average molecular weight is 296 g/mol. The van der Waals surface area contributed by atoms with Gasteiger partial charge in [-0.25, -0.2) is 0 Å². The maximum absolute atomic E-state index is 12.0. The van der Waals surface area contributed by atoms with Crippen LogP contribution in [0.1, 0.15) is 10.4 Å². The highest BCUT2D eigenvalue weighted by Gasteiger charge is 2.12. The molecule has 0 amide bonds. The average Bonchev–Trinajstić information content (AvgIpc) is 2.97. The van der Waals surface area contributed by atoms with Crippen LogP contribution in [0, 0.1) is 0 Å². The summed E-state index contributed by atoms with van der Waals surface area (Å²) in [5.41, 5.74) is 2.23. The Bertz CT molecular complexity index is 558. The van der Waals surface area contributed by atoms with E-state index in [-0.39, 0.29) is 5.78 Å². The quantitative estimate of drug-likeness (QED) is 0.603. The Morgan fingerprint density at radius 3 is 2.74 bits per heavy atom. The Labute approximate surface area is 119 Å².